The molecule has 0 aromatic rings. The predicted octanol–water partition coefficient (Wildman–Crippen LogP) is 3.81. The number of ketones is 1. The van der Waals surface area contributed by atoms with E-state index in [1.165, 1.54) is 0 Å². The van der Waals surface area contributed by atoms with Gasteiger partial charge in [0.25, 0.3) is 0 Å². The number of Topliss-reactive ketones (excluding diaryl/α,β-unsaturated/α-hetero) is 1. The molecule has 0 aromatic carbocycles. The first-order valence-corrected chi connectivity index (χ1v) is 8.96. The second-order valence-electron chi connectivity index (χ2n) is 8.41. The lowest BCUT2D eigenvalue weighted by molar-refractivity contribution is -0.118. The van der Waals surface area contributed by atoms with Crippen molar-refractivity contribution < 1.29 is 14.6 Å². The van der Waals surface area contributed by atoms with Crippen LogP contribution < -0.4 is 0 Å². The van der Waals surface area contributed by atoms with Gasteiger partial charge in [0.1, 0.15) is 11.7 Å². The fourth-order valence-corrected chi connectivity index (χ4v) is 4.43. The Morgan fingerprint density at radius 1 is 1.26 bits per heavy atom. The van der Waals surface area contributed by atoms with E-state index in [-0.39, 0.29) is 28.8 Å². The second-order valence-corrected chi connectivity index (χ2v) is 8.41. The minimum absolute atomic E-state index is 0.0707. The summed E-state index contributed by atoms with van der Waals surface area (Å²) in [5, 5.41) is 10.7. The van der Waals surface area contributed by atoms with Crippen LogP contribution in [0.5, 0.6) is 0 Å². The molecule has 3 aliphatic rings. The zero-order valence-corrected chi connectivity index (χ0v) is 15.1. The highest BCUT2D eigenvalue weighted by Gasteiger charge is 2.58. The topological polar surface area (TPSA) is 49.8 Å². The van der Waals surface area contributed by atoms with Gasteiger partial charge in [-0.25, -0.2) is 0 Å². The van der Waals surface area contributed by atoms with E-state index in [9.17, 15) is 9.90 Å². The number of hydrogen-bond donors (Lipinski definition) is 1. The molecule has 2 bridgehead atoms. The van der Waals surface area contributed by atoms with E-state index < -0.39 is 6.10 Å². The van der Waals surface area contributed by atoms with Crippen molar-refractivity contribution in [3.8, 4) is 0 Å². The monoisotopic (exact) mass is 318 g/mol. The van der Waals surface area contributed by atoms with Gasteiger partial charge in [0, 0.05) is 0 Å². The van der Waals surface area contributed by atoms with Gasteiger partial charge in [-0.1, -0.05) is 32.9 Å². The third kappa shape index (κ3) is 2.72. The van der Waals surface area contributed by atoms with E-state index in [0.29, 0.717) is 12.3 Å². The number of aliphatic hydroxyl groups excluding tert-OH is 1. The summed E-state index contributed by atoms with van der Waals surface area (Å²) in [5.74, 6) is 0.772. The first-order chi connectivity index (χ1) is 10.7. The van der Waals surface area contributed by atoms with Crippen molar-refractivity contribution in [2.75, 3.05) is 0 Å². The van der Waals surface area contributed by atoms with Gasteiger partial charge in [-0.15, -0.1) is 0 Å². The molecular formula is C20H30O3. The van der Waals surface area contributed by atoms with Crippen LogP contribution in [-0.4, -0.2) is 28.7 Å². The van der Waals surface area contributed by atoms with E-state index in [1.54, 1.807) is 0 Å². The van der Waals surface area contributed by atoms with E-state index in [1.807, 2.05) is 13.8 Å². The number of allylic oxidation sites excluding steroid dienone is 2. The summed E-state index contributed by atoms with van der Waals surface area (Å²) in [6.45, 7) is 10.7. The molecule has 0 radical (unpaired) electrons. The molecule has 2 aliphatic carbocycles. The Hall–Kier alpha value is -0.930. The molecule has 1 N–H and O–H groups in total. The molecule has 1 saturated heterocycles. The molecule has 0 spiro atoms. The van der Waals surface area contributed by atoms with Crippen LogP contribution in [0.3, 0.4) is 0 Å². The summed E-state index contributed by atoms with van der Waals surface area (Å²) in [6, 6.07) is 0. The van der Waals surface area contributed by atoms with Crippen molar-refractivity contribution in [3.63, 3.8) is 0 Å². The summed E-state index contributed by atoms with van der Waals surface area (Å²) in [5.41, 5.74) is 1.58. The smallest absolute Gasteiger partial charge is 0.190 e. The van der Waals surface area contributed by atoms with Crippen molar-refractivity contribution in [3.05, 3.63) is 23.3 Å². The van der Waals surface area contributed by atoms with Crippen molar-refractivity contribution in [2.24, 2.45) is 17.3 Å². The lowest BCUT2D eigenvalue weighted by atomic mass is 9.58. The standard InChI is InChI=1S/C20H30O3/c1-12-7-6-10-20(5)18(23-20)17(22)15-9-8-13(2)19(4,14(15)3)11-16(12)21/h7,9,13-14,16,18,21H,6,8,10-11H2,1-5H3/t13-,14-,16+,18+,19+,20+/m1/s1. The first-order valence-electron chi connectivity index (χ1n) is 8.96. The summed E-state index contributed by atoms with van der Waals surface area (Å²) >= 11 is 0. The van der Waals surface area contributed by atoms with E-state index in [4.69, 9.17) is 4.74 Å². The average molecular weight is 318 g/mol. The van der Waals surface area contributed by atoms with Crippen LogP contribution in [0.15, 0.2) is 23.3 Å². The molecule has 0 unspecified atom stereocenters. The highest BCUT2D eigenvalue weighted by Crippen LogP contribution is 2.52. The number of hydrogen-bond acceptors (Lipinski definition) is 3. The Morgan fingerprint density at radius 3 is 2.65 bits per heavy atom. The van der Waals surface area contributed by atoms with Crippen LogP contribution >= 0.6 is 0 Å². The van der Waals surface area contributed by atoms with Crippen LogP contribution in [-0.2, 0) is 9.53 Å². The molecule has 0 aromatic heterocycles. The normalized spacial score (nSPS) is 47.7. The molecule has 0 saturated carbocycles. The summed E-state index contributed by atoms with van der Waals surface area (Å²) in [6.07, 6.45) is 6.86. The third-order valence-electron chi connectivity index (χ3n) is 6.95. The van der Waals surface area contributed by atoms with Gasteiger partial charge >= 0.3 is 0 Å². The van der Waals surface area contributed by atoms with Gasteiger partial charge in [-0.2, -0.15) is 0 Å². The molecule has 1 aliphatic heterocycles. The number of carbonyl (C=O) groups excluding carboxylic acids is 1. The van der Waals surface area contributed by atoms with Gasteiger partial charge < -0.3 is 9.84 Å². The van der Waals surface area contributed by atoms with Crippen LogP contribution in [0.1, 0.15) is 60.3 Å². The molecule has 0 amide bonds. The van der Waals surface area contributed by atoms with Gasteiger partial charge in [0.15, 0.2) is 5.78 Å². The zero-order valence-electron chi connectivity index (χ0n) is 15.1. The maximum Gasteiger partial charge on any atom is 0.190 e. The Balaban J connectivity index is 2.00. The molecule has 6 atom stereocenters. The number of rotatable bonds is 0. The molecule has 23 heavy (non-hydrogen) atoms. The Labute approximate surface area is 139 Å². The van der Waals surface area contributed by atoms with Crippen LogP contribution in [0.4, 0.5) is 0 Å². The molecular weight excluding hydrogens is 288 g/mol. The predicted molar refractivity (Wildman–Crippen MR) is 91.0 cm³/mol. The average Bonchev–Trinajstić information content (AvgIpc) is 3.16. The summed E-state index contributed by atoms with van der Waals surface area (Å²) in [4.78, 5) is 13.0. The molecule has 128 valence electrons. The quantitative estimate of drug-likeness (QED) is 0.546. The fourth-order valence-electron chi connectivity index (χ4n) is 4.43. The highest BCUT2D eigenvalue weighted by atomic mass is 16.6. The molecule has 3 nitrogen and oxygen atoms in total. The van der Waals surface area contributed by atoms with Crippen LogP contribution in [0, 0.1) is 17.3 Å². The van der Waals surface area contributed by atoms with Gasteiger partial charge in [0.05, 0.1) is 6.10 Å². The lowest BCUT2D eigenvalue weighted by Crippen LogP contribution is -2.42. The van der Waals surface area contributed by atoms with E-state index >= 15 is 0 Å². The van der Waals surface area contributed by atoms with Gasteiger partial charge in [-0.3, -0.25) is 4.79 Å². The minimum atomic E-state index is -0.428. The van der Waals surface area contributed by atoms with Gasteiger partial charge in [0.2, 0.25) is 0 Å². The second kappa shape index (κ2) is 5.56. The number of epoxide rings is 1. The fraction of sp³-hybridized carbons (Fsp3) is 0.750. The number of fused-ring (bicyclic) bond motifs is 3. The van der Waals surface area contributed by atoms with Crippen molar-refractivity contribution in [2.45, 2.75) is 78.1 Å². The van der Waals surface area contributed by atoms with Crippen molar-refractivity contribution in [1.29, 1.82) is 0 Å². The zero-order chi connectivity index (χ0) is 17.0. The van der Waals surface area contributed by atoms with Crippen LogP contribution in [0.2, 0.25) is 0 Å². The highest BCUT2D eigenvalue weighted by molar-refractivity contribution is 6.02. The molecule has 1 heterocycles. The van der Waals surface area contributed by atoms with Crippen molar-refractivity contribution in [1.82, 2.24) is 0 Å². The largest absolute Gasteiger partial charge is 0.389 e. The Bertz CT molecular complexity index is 575. The molecule has 1 fully saturated rings. The first kappa shape index (κ1) is 16.9. The summed E-state index contributed by atoms with van der Waals surface area (Å²) < 4.78 is 5.81. The summed E-state index contributed by atoms with van der Waals surface area (Å²) in [7, 11) is 0. The Kier molecular flexibility index (Phi) is 4.09. The van der Waals surface area contributed by atoms with Crippen LogP contribution in [0.25, 0.3) is 0 Å². The van der Waals surface area contributed by atoms with Crippen molar-refractivity contribution >= 4 is 5.78 Å². The molecule has 3 rings (SSSR count). The maximum atomic E-state index is 13.0. The molecule has 3 heteroatoms. The maximum absolute atomic E-state index is 13.0. The number of ether oxygens (including phenoxy) is 1. The minimum Gasteiger partial charge on any atom is -0.389 e. The third-order valence-corrected chi connectivity index (χ3v) is 6.95. The number of carbonyl (C=O) groups is 1. The Morgan fingerprint density at radius 2 is 1.96 bits per heavy atom. The van der Waals surface area contributed by atoms with E-state index in [0.717, 1.165) is 30.4 Å². The van der Waals surface area contributed by atoms with Gasteiger partial charge in [-0.05, 0) is 67.9 Å². The lowest BCUT2D eigenvalue weighted by Gasteiger charge is -2.46. The van der Waals surface area contributed by atoms with E-state index in [2.05, 4.69) is 32.9 Å². The SMILES string of the molecule is CC1=CCC[C@]2(C)O[C@H]2C(=O)C2=CC[C@@H](C)[C@](C)(C[C@@H]1O)[C@@H]2C. The number of aliphatic hydroxyl groups is 1.